The van der Waals surface area contributed by atoms with E-state index in [-0.39, 0.29) is 18.6 Å². The molecule has 0 fully saturated rings. The Kier molecular flexibility index (Phi) is 10.8. The van der Waals surface area contributed by atoms with Gasteiger partial charge in [0.1, 0.15) is 6.04 Å². The van der Waals surface area contributed by atoms with Gasteiger partial charge in [-0.3, -0.25) is 10.2 Å². The lowest BCUT2D eigenvalue weighted by molar-refractivity contribution is -0.131. The van der Waals surface area contributed by atoms with E-state index in [0.29, 0.717) is 12.2 Å². The van der Waals surface area contributed by atoms with Crippen molar-refractivity contribution in [1.82, 2.24) is 36.0 Å². The second-order valence-corrected chi connectivity index (χ2v) is 12.5. The zero-order chi connectivity index (χ0) is 31.1. The van der Waals surface area contributed by atoms with Crippen LogP contribution in [0, 0.1) is 5.41 Å². The molecule has 0 radical (unpaired) electrons. The first-order valence-electron chi connectivity index (χ1n) is 13.9. The predicted molar refractivity (Wildman–Crippen MR) is 160 cm³/mol. The van der Waals surface area contributed by atoms with Gasteiger partial charge in [0.2, 0.25) is 5.82 Å². The number of hydrazine groups is 1. The third-order valence-corrected chi connectivity index (χ3v) is 6.66. The number of aliphatic hydroxyl groups excluding tert-OH is 1. The number of alkyl carbamates (subject to hydrolysis) is 1. The summed E-state index contributed by atoms with van der Waals surface area (Å²) in [4.78, 5) is 27.0. The molecule has 12 nitrogen and oxygen atoms in total. The molecule has 3 aromatic rings. The molecule has 0 aliphatic rings. The summed E-state index contributed by atoms with van der Waals surface area (Å²) in [5.74, 6) is 0.0576. The minimum Gasteiger partial charge on any atom is -0.453 e. The maximum atomic E-state index is 13.4. The molecule has 0 spiro atoms. The number of benzene rings is 2. The van der Waals surface area contributed by atoms with E-state index in [2.05, 4.69) is 26.2 Å². The lowest BCUT2D eigenvalue weighted by Gasteiger charge is -2.34. The van der Waals surface area contributed by atoms with Crippen LogP contribution in [0.2, 0.25) is 0 Å². The Labute approximate surface area is 247 Å². The molecule has 2 aromatic carbocycles. The van der Waals surface area contributed by atoms with Gasteiger partial charge in [-0.05, 0) is 48.9 Å². The van der Waals surface area contributed by atoms with Gasteiger partial charge >= 0.3 is 6.09 Å². The molecular formula is C30H44N8O4. The molecular weight excluding hydrogens is 536 g/mol. The minimum absolute atomic E-state index is 0.0536. The van der Waals surface area contributed by atoms with Crippen LogP contribution in [-0.4, -0.2) is 74.2 Å². The number of aliphatic hydroxyl groups is 1. The Morgan fingerprint density at radius 1 is 1.02 bits per heavy atom. The Balaban J connectivity index is 1.80. The molecule has 5 N–H and O–H groups in total. The highest BCUT2D eigenvalue weighted by atomic mass is 16.5. The molecule has 0 aliphatic heterocycles. The number of amides is 2. The van der Waals surface area contributed by atoms with Crippen LogP contribution in [0.15, 0.2) is 54.6 Å². The van der Waals surface area contributed by atoms with Crippen LogP contribution in [0.3, 0.4) is 0 Å². The van der Waals surface area contributed by atoms with Crippen LogP contribution in [0.25, 0.3) is 11.4 Å². The smallest absolute Gasteiger partial charge is 0.407 e. The molecule has 0 aliphatic carbocycles. The minimum atomic E-state index is -0.955. The number of ether oxygens (including phenoxy) is 1. The first-order valence-corrected chi connectivity index (χ1v) is 13.9. The molecule has 42 heavy (non-hydrogen) atoms. The van der Waals surface area contributed by atoms with Gasteiger partial charge in [-0.15, -0.1) is 10.2 Å². The van der Waals surface area contributed by atoms with Crippen LogP contribution >= 0.6 is 0 Å². The zero-order valence-corrected chi connectivity index (χ0v) is 25.5. The van der Waals surface area contributed by atoms with Crippen LogP contribution in [-0.2, 0) is 28.0 Å². The molecule has 0 saturated carbocycles. The van der Waals surface area contributed by atoms with Crippen molar-refractivity contribution in [3.8, 4) is 11.4 Å². The van der Waals surface area contributed by atoms with Gasteiger partial charge in [0.15, 0.2) is 0 Å². The van der Waals surface area contributed by atoms with Crippen molar-refractivity contribution >= 4 is 12.0 Å². The summed E-state index contributed by atoms with van der Waals surface area (Å²) in [5, 5.41) is 28.1. The molecule has 3 atom stereocenters. The van der Waals surface area contributed by atoms with E-state index in [1.54, 1.807) is 9.81 Å². The zero-order valence-electron chi connectivity index (χ0n) is 25.5. The number of carbonyl (C=O) groups is 2. The van der Waals surface area contributed by atoms with Crippen LogP contribution < -0.4 is 16.5 Å². The molecule has 0 saturated heterocycles. The topological polar surface area (TPSA) is 161 Å². The number of nitrogens with zero attached hydrogens (tertiary/aromatic N) is 5. The standard InChI is InChI=1S/C30H44N8O4/c1-29(2,3)25(32-28(41)42-7)27(40)35-37(19-24(39)23(31)17-20-11-9-8-10-12-20)18-21-13-15-22(16-14-21)26-33-36-38(34-26)30(4,5)6/h8-16,23-25,39H,17-19,31H2,1-7H3,(H,32,41)(H,35,40)/t23-,24-,25+/m0/s1. The monoisotopic (exact) mass is 580 g/mol. The molecule has 1 heterocycles. The Bertz CT molecular complexity index is 1300. The highest BCUT2D eigenvalue weighted by molar-refractivity contribution is 5.86. The van der Waals surface area contributed by atoms with Gasteiger partial charge in [-0.2, -0.15) is 4.80 Å². The Hall–Kier alpha value is -3.87. The van der Waals surface area contributed by atoms with Crippen molar-refractivity contribution in [3.63, 3.8) is 0 Å². The van der Waals surface area contributed by atoms with E-state index in [1.165, 1.54) is 7.11 Å². The number of hydrogen-bond donors (Lipinski definition) is 4. The number of methoxy groups -OCH3 is 1. The van der Waals surface area contributed by atoms with E-state index in [0.717, 1.165) is 16.7 Å². The summed E-state index contributed by atoms with van der Waals surface area (Å²) in [7, 11) is 1.24. The highest BCUT2D eigenvalue weighted by Gasteiger charge is 2.34. The average molecular weight is 581 g/mol. The summed E-state index contributed by atoms with van der Waals surface area (Å²) in [6.07, 6.45) is -1.20. The fraction of sp³-hybridized carbons (Fsp3) is 0.500. The summed E-state index contributed by atoms with van der Waals surface area (Å²) in [6, 6.07) is 15.8. The van der Waals surface area contributed by atoms with Crippen LogP contribution in [0.4, 0.5) is 4.79 Å². The van der Waals surface area contributed by atoms with Gasteiger partial charge in [-0.1, -0.05) is 75.4 Å². The van der Waals surface area contributed by atoms with Gasteiger partial charge in [0.05, 0.1) is 18.8 Å². The van der Waals surface area contributed by atoms with Gasteiger partial charge in [-0.25, -0.2) is 9.80 Å². The van der Waals surface area contributed by atoms with Crippen molar-refractivity contribution in [1.29, 1.82) is 0 Å². The van der Waals surface area contributed by atoms with Crippen molar-refractivity contribution in [2.75, 3.05) is 13.7 Å². The summed E-state index contributed by atoms with van der Waals surface area (Å²) < 4.78 is 4.73. The van der Waals surface area contributed by atoms with Crippen molar-refractivity contribution in [2.24, 2.45) is 11.1 Å². The van der Waals surface area contributed by atoms with Gasteiger partial charge in [0, 0.05) is 24.7 Å². The first kappa shape index (κ1) is 32.6. The van der Waals surface area contributed by atoms with Crippen molar-refractivity contribution in [2.45, 2.75) is 78.2 Å². The molecule has 12 heteroatoms. The molecule has 2 amide bonds. The lowest BCUT2D eigenvalue weighted by atomic mass is 9.86. The lowest BCUT2D eigenvalue weighted by Crippen LogP contribution is -2.58. The van der Waals surface area contributed by atoms with Crippen molar-refractivity contribution < 1.29 is 19.4 Å². The molecule has 0 bridgehead atoms. The van der Waals surface area contributed by atoms with Crippen molar-refractivity contribution in [3.05, 3.63) is 65.7 Å². The Morgan fingerprint density at radius 3 is 2.21 bits per heavy atom. The van der Waals surface area contributed by atoms with E-state index in [9.17, 15) is 14.7 Å². The van der Waals surface area contributed by atoms with E-state index >= 15 is 0 Å². The normalized spacial score (nSPS) is 14.2. The third kappa shape index (κ3) is 9.33. The maximum Gasteiger partial charge on any atom is 0.407 e. The van der Waals surface area contributed by atoms with Gasteiger partial charge in [0.25, 0.3) is 5.91 Å². The summed E-state index contributed by atoms with van der Waals surface area (Å²) in [6.45, 7) is 11.8. The summed E-state index contributed by atoms with van der Waals surface area (Å²) in [5.41, 5.74) is 11.0. The highest BCUT2D eigenvalue weighted by Crippen LogP contribution is 2.21. The number of nitrogens with one attached hydrogen (secondary N) is 2. The fourth-order valence-electron chi connectivity index (χ4n) is 4.20. The van der Waals surface area contributed by atoms with Crippen LogP contribution in [0.1, 0.15) is 52.7 Å². The first-order chi connectivity index (χ1) is 19.7. The third-order valence-electron chi connectivity index (χ3n) is 6.66. The van der Waals surface area contributed by atoms with Gasteiger partial charge < -0.3 is 20.9 Å². The van der Waals surface area contributed by atoms with E-state index < -0.39 is 35.6 Å². The number of nitrogens with two attached hydrogens (primary N) is 1. The molecule has 1 aromatic heterocycles. The number of aromatic nitrogens is 4. The second-order valence-electron chi connectivity index (χ2n) is 12.5. The van der Waals surface area contributed by atoms with E-state index in [1.807, 2.05) is 96.1 Å². The molecule has 3 rings (SSSR count). The average Bonchev–Trinajstić information content (AvgIpc) is 3.43. The fourth-order valence-corrected chi connectivity index (χ4v) is 4.20. The number of hydrogen-bond acceptors (Lipinski definition) is 9. The van der Waals surface area contributed by atoms with Crippen LogP contribution in [0.5, 0.6) is 0 Å². The second kappa shape index (κ2) is 13.9. The number of tetrazole rings is 1. The largest absolute Gasteiger partial charge is 0.453 e. The predicted octanol–water partition coefficient (Wildman–Crippen LogP) is 2.63. The number of rotatable bonds is 11. The summed E-state index contributed by atoms with van der Waals surface area (Å²) >= 11 is 0. The maximum absolute atomic E-state index is 13.4. The quantitative estimate of drug-likeness (QED) is 0.250. The van der Waals surface area contributed by atoms with E-state index in [4.69, 9.17) is 10.5 Å². The molecule has 228 valence electrons. The SMILES string of the molecule is COC(=O)N[C@H](C(=O)NN(Cc1ccc(-c2nnn(C(C)(C)C)n2)cc1)C[C@H](O)[C@@H](N)Cc1ccccc1)C(C)(C)C. The number of carbonyl (C=O) groups excluding carboxylic acids is 2. The molecule has 0 unspecified atom stereocenters. The Morgan fingerprint density at radius 2 is 1.67 bits per heavy atom.